The molecule has 7 heteroatoms. The van der Waals surface area contributed by atoms with Gasteiger partial charge < -0.3 is 19.6 Å². The van der Waals surface area contributed by atoms with E-state index in [1.165, 1.54) is 4.40 Å². The number of pyridine rings is 1. The predicted molar refractivity (Wildman–Crippen MR) is 83.3 cm³/mol. The lowest BCUT2D eigenvalue weighted by Crippen LogP contribution is -1.94. The summed E-state index contributed by atoms with van der Waals surface area (Å²) in [6, 6.07) is 10.7. The van der Waals surface area contributed by atoms with E-state index in [-0.39, 0.29) is 12.6 Å². The molecule has 0 radical (unpaired) electrons. The summed E-state index contributed by atoms with van der Waals surface area (Å²) in [4.78, 5) is 15.2. The van der Waals surface area contributed by atoms with Crippen molar-refractivity contribution in [3.63, 3.8) is 0 Å². The molecule has 7 nitrogen and oxygen atoms in total. The zero-order valence-corrected chi connectivity index (χ0v) is 11.9. The molecule has 0 aliphatic carbocycles. The Kier molecular flexibility index (Phi) is 2.97. The highest BCUT2D eigenvalue weighted by Gasteiger charge is 2.20. The molecule has 0 unspecified atom stereocenters. The summed E-state index contributed by atoms with van der Waals surface area (Å²) in [7, 11) is 0. The maximum absolute atomic E-state index is 11.3. The van der Waals surface area contributed by atoms with E-state index in [2.05, 4.69) is 4.98 Å². The van der Waals surface area contributed by atoms with E-state index in [0.717, 1.165) is 5.56 Å². The lowest BCUT2D eigenvalue weighted by molar-refractivity contribution is -0.390. The Morgan fingerprint density at radius 2 is 2.04 bits per heavy atom. The Hall–Kier alpha value is -3.35. The zero-order chi connectivity index (χ0) is 15.8. The van der Waals surface area contributed by atoms with Crippen LogP contribution in [0.1, 0.15) is 11.3 Å². The fraction of sp³-hybridized carbons (Fsp3) is 0.0625. The monoisotopic (exact) mass is 309 g/mol. The average Bonchev–Trinajstić information content (AvgIpc) is 3.16. The average molecular weight is 309 g/mol. The van der Waals surface area contributed by atoms with E-state index >= 15 is 0 Å². The van der Waals surface area contributed by atoms with E-state index < -0.39 is 4.92 Å². The van der Waals surface area contributed by atoms with Gasteiger partial charge >= 0.3 is 5.82 Å². The highest BCUT2D eigenvalue weighted by atomic mass is 16.7. The molecule has 3 aromatic rings. The van der Waals surface area contributed by atoms with Crippen LogP contribution in [0.3, 0.4) is 0 Å². The lowest BCUT2D eigenvalue weighted by Gasteiger charge is -1.97. The molecule has 0 fully saturated rings. The highest BCUT2D eigenvalue weighted by Crippen LogP contribution is 2.33. The minimum Gasteiger partial charge on any atom is -0.454 e. The standard InChI is InChI=1S/C16H11N3O4/c20-19(21)16-12(17-15-3-1-2-8-18(15)16)6-4-11-5-7-13-14(9-11)23-10-22-13/h1-9H,10H2/b6-4+. The van der Waals surface area contributed by atoms with Crippen LogP contribution in [-0.2, 0) is 0 Å². The minimum absolute atomic E-state index is 0.0578. The van der Waals surface area contributed by atoms with Gasteiger partial charge in [0.1, 0.15) is 0 Å². The normalized spacial score (nSPS) is 13.0. The minimum atomic E-state index is -0.431. The van der Waals surface area contributed by atoms with Crippen molar-refractivity contribution in [3.8, 4) is 11.5 Å². The summed E-state index contributed by atoms with van der Waals surface area (Å²) in [6.45, 7) is 0.209. The van der Waals surface area contributed by atoms with Gasteiger partial charge in [0.2, 0.25) is 12.4 Å². The SMILES string of the molecule is O=[N+]([O-])c1c(/C=C/c2ccc3c(c2)OCO3)nc2ccccn12. The summed E-state index contributed by atoms with van der Waals surface area (Å²) >= 11 is 0. The van der Waals surface area contributed by atoms with Gasteiger partial charge in [-0.25, -0.2) is 4.98 Å². The second kappa shape index (κ2) is 5.13. The largest absolute Gasteiger partial charge is 0.454 e. The molecular weight excluding hydrogens is 298 g/mol. The summed E-state index contributed by atoms with van der Waals surface area (Å²) in [5.41, 5.74) is 1.68. The molecule has 0 atom stereocenters. The van der Waals surface area contributed by atoms with Gasteiger partial charge in [0, 0.05) is 6.07 Å². The van der Waals surface area contributed by atoms with Crippen LogP contribution in [0, 0.1) is 10.1 Å². The molecule has 23 heavy (non-hydrogen) atoms. The molecule has 114 valence electrons. The van der Waals surface area contributed by atoms with E-state index in [4.69, 9.17) is 9.47 Å². The van der Waals surface area contributed by atoms with Crippen molar-refractivity contribution in [3.05, 3.63) is 64.0 Å². The van der Waals surface area contributed by atoms with Crippen LogP contribution >= 0.6 is 0 Å². The van der Waals surface area contributed by atoms with Crippen LogP contribution in [0.15, 0.2) is 42.6 Å². The van der Waals surface area contributed by atoms with Crippen molar-refractivity contribution in [2.75, 3.05) is 6.79 Å². The van der Waals surface area contributed by atoms with Crippen molar-refractivity contribution in [2.45, 2.75) is 0 Å². The number of fused-ring (bicyclic) bond motifs is 2. The quantitative estimate of drug-likeness (QED) is 0.548. The first kappa shape index (κ1) is 13.3. The van der Waals surface area contributed by atoms with Gasteiger partial charge in [0.15, 0.2) is 17.2 Å². The number of hydrogen-bond donors (Lipinski definition) is 0. The topological polar surface area (TPSA) is 78.9 Å². The van der Waals surface area contributed by atoms with E-state index in [1.807, 2.05) is 12.1 Å². The molecule has 1 aliphatic heterocycles. The number of benzene rings is 1. The van der Waals surface area contributed by atoms with Gasteiger partial charge in [-0.2, -0.15) is 4.40 Å². The number of ether oxygens (including phenoxy) is 2. The Morgan fingerprint density at radius 3 is 2.91 bits per heavy atom. The third-order valence-corrected chi connectivity index (χ3v) is 3.53. The summed E-state index contributed by atoms with van der Waals surface area (Å²) in [5, 5.41) is 11.3. The Labute approximate surface area is 130 Å². The fourth-order valence-electron chi connectivity index (χ4n) is 2.49. The van der Waals surface area contributed by atoms with Gasteiger partial charge in [0.25, 0.3) is 0 Å². The zero-order valence-electron chi connectivity index (χ0n) is 11.9. The summed E-state index contributed by atoms with van der Waals surface area (Å²) < 4.78 is 12.0. The van der Waals surface area contributed by atoms with Crippen LogP contribution in [0.4, 0.5) is 5.82 Å². The summed E-state index contributed by atoms with van der Waals surface area (Å²) in [6.07, 6.45) is 5.01. The van der Waals surface area contributed by atoms with E-state index in [1.54, 1.807) is 42.6 Å². The molecular formula is C16H11N3O4. The van der Waals surface area contributed by atoms with Crippen molar-refractivity contribution in [1.29, 1.82) is 0 Å². The Bertz CT molecular complexity index is 946. The molecule has 1 aliphatic rings. The van der Waals surface area contributed by atoms with Crippen LogP contribution in [0.25, 0.3) is 17.8 Å². The maximum Gasteiger partial charge on any atom is 0.355 e. The molecule has 1 aromatic carbocycles. The second-order valence-electron chi connectivity index (χ2n) is 4.95. The van der Waals surface area contributed by atoms with Crippen molar-refractivity contribution >= 4 is 23.6 Å². The highest BCUT2D eigenvalue weighted by molar-refractivity contribution is 5.74. The Morgan fingerprint density at radius 1 is 1.17 bits per heavy atom. The molecule has 3 heterocycles. The van der Waals surface area contributed by atoms with Crippen molar-refractivity contribution in [2.24, 2.45) is 0 Å². The molecule has 0 spiro atoms. The lowest BCUT2D eigenvalue weighted by atomic mass is 10.2. The van der Waals surface area contributed by atoms with Crippen LogP contribution < -0.4 is 9.47 Å². The number of nitrogens with zero attached hydrogens (tertiary/aromatic N) is 3. The van der Waals surface area contributed by atoms with Gasteiger partial charge in [-0.05, 0) is 34.8 Å². The predicted octanol–water partition coefficient (Wildman–Crippen LogP) is 3.14. The first-order valence-electron chi connectivity index (χ1n) is 6.91. The first-order chi connectivity index (χ1) is 11.2. The number of aromatic nitrogens is 2. The van der Waals surface area contributed by atoms with Gasteiger partial charge in [0.05, 0.1) is 6.20 Å². The molecule has 0 saturated heterocycles. The Balaban J connectivity index is 1.75. The second-order valence-corrected chi connectivity index (χ2v) is 4.95. The van der Waals surface area contributed by atoms with E-state index in [9.17, 15) is 10.1 Å². The molecule has 0 amide bonds. The van der Waals surface area contributed by atoms with Gasteiger partial charge in [-0.3, -0.25) is 0 Å². The fourth-order valence-corrected chi connectivity index (χ4v) is 2.49. The number of rotatable bonds is 3. The number of nitro groups is 1. The first-order valence-corrected chi connectivity index (χ1v) is 6.91. The number of imidazole rings is 1. The van der Waals surface area contributed by atoms with E-state index in [0.29, 0.717) is 22.8 Å². The molecule has 2 aromatic heterocycles. The van der Waals surface area contributed by atoms with Crippen molar-refractivity contribution in [1.82, 2.24) is 9.38 Å². The molecule has 0 bridgehead atoms. The van der Waals surface area contributed by atoms with Crippen LogP contribution in [0.2, 0.25) is 0 Å². The van der Waals surface area contributed by atoms with Crippen molar-refractivity contribution < 1.29 is 14.4 Å². The smallest absolute Gasteiger partial charge is 0.355 e. The molecule has 0 saturated carbocycles. The molecule has 0 N–H and O–H groups in total. The summed E-state index contributed by atoms with van der Waals surface area (Å²) in [5.74, 6) is 1.30. The van der Waals surface area contributed by atoms with Gasteiger partial charge in [-0.1, -0.05) is 18.2 Å². The third kappa shape index (κ3) is 2.28. The van der Waals surface area contributed by atoms with Crippen LogP contribution in [0.5, 0.6) is 11.5 Å². The molecule has 4 rings (SSSR count). The van der Waals surface area contributed by atoms with Gasteiger partial charge in [-0.15, -0.1) is 0 Å². The maximum atomic E-state index is 11.3. The number of hydrogen-bond acceptors (Lipinski definition) is 5. The van der Waals surface area contributed by atoms with Crippen LogP contribution in [-0.4, -0.2) is 21.1 Å². The third-order valence-electron chi connectivity index (χ3n) is 3.53.